The highest BCUT2D eigenvalue weighted by molar-refractivity contribution is 8.13. The molecule has 0 atom stereocenters. The van der Waals surface area contributed by atoms with Gasteiger partial charge in [0.15, 0.2) is 32.4 Å². The maximum absolute atomic E-state index is 11.4. The standard InChI is InChI=1S/C12H20N.C2F6NO4S2/c1-3-4-5-6-9-13-10-7-8-12(2)11-13;3-1(4,5)14(10,11)9-15(12,13)2(6,7)8/h7-8,10-11H,3-6,9H2,1-2H3;/q+1;-1. The van der Waals surface area contributed by atoms with E-state index in [1.807, 2.05) is 0 Å². The second-order valence-electron chi connectivity index (χ2n) is 5.60. The van der Waals surface area contributed by atoms with Gasteiger partial charge in [-0.15, -0.1) is 0 Å². The number of nitrogens with zero attached hydrogens (tertiary/aromatic N) is 2. The number of rotatable bonds is 7. The molecule has 164 valence electrons. The number of hydrogen-bond donors (Lipinski definition) is 0. The van der Waals surface area contributed by atoms with Gasteiger partial charge < -0.3 is 4.13 Å². The molecule has 0 amide bonds. The fourth-order valence-electron chi connectivity index (χ4n) is 1.73. The molecule has 0 aromatic carbocycles. The number of pyridine rings is 1. The zero-order chi connectivity index (χ0) is 22.2. The fraction of sp³-hybridized carbons (Fsp3) is 0.643. The zero-order valence-corrected chi connectivity index (χ0v) is 16.6. The number of hydrogen-bond acceptors (Lipinski definition) is 4. The molecule has 0 aliphatic rings. The van der Waals surface area contributed by atoms with Gasteiger partial charge in [-0.2, -0.15) is 26.3 Å². The van der Waals surface area contributed by atoms with Gasteiger partial charge in [0.2, 0.25) is 0 Å². The van der Waals surface area contributed by atoms with Crippen molar-refractivity contribution in [1.29, 1.82) is 0 Å². The van der Waals surface area contributed by atoms with Crippen LogP contribution in [0.25, 0.3) is 4.13 Å². The van der Waals surface area contributed by atoms with Gasteiger partial charge in [0.25, 0.3) is 0 Å². The van der Waals surface area contributed by atoms with Crippen molar-refractivity contribution >= 4 is 20.0 Å². The van der Waals surface area contributed by atoms with Crippen LogP contribution in [0.1, 0.15) is 38.2 Å². The quantitative estimate of drug-likeness (QED) is 0.352. The second-order valence-corrected chi connectivity index (χ2v) is 9.02. The van der Waals surface area contributed by atoms with Crippen molar-refractivity contribution < 1.29 is 47.7 Å². The Balaban J connectivity index is 0.000000525. The molecular weight excluding hydrogens is 438 g/mol. The van der Waals surface area contributed by atoms with Crippen molar-refractivity contribution in [2.24, 2.45) is 0 Å². The van der Waals surface area contributed by atoms with Crippen LogP contribution >= 0.6 is 0 Å². The van der Waals surface area contributed by atoms with Crippen molar-refractivity contribution in [2.75, 3.05) is 0 Å². The Labute approximate surface area is 159 Å². The Morgan fingerprint density at radius 2 is 1.43 bits per heavy atom. The highest BCUT2D eigenvalue weighted by Gasteiger charge is 2.46. The first-order valence-corrected chi connectivity index (χ1v) is 10.7. The van der Waals surface area contributed by atoms with Crippen LogP contribution in [0.4, 0.5) is 26.3 Å². The SMILES string of the molecule is CCCCCC[n+]1cccc(C)c1.O=S(=O)([N-]S(=O)(=O)C(F)(F)F)C(F)(F)F. The number of aromatic nitrogens is 1. The van der Waals surface area contributed by atoms with E-state index in [4.69, 9.17) is 0 Å². The van der Waals surface area contributed by atoms with E-state index >= 15 is 0 Å². The van der Waals surface area contributed by atoms with Crippen molar-refractivity contribution in [3.8, 4) is 0 Å². The summed E-state index contributed by atoms with van der Waals surface area (Å²) in [6.07, 6.45) is 9.72. The molecular formula is C14H20F6N2O4S2. The predicted molar refractivity (Wildman–Crippen MR) is 88.8 cm³/mol. The van der Waals surface area contributed by atoms with Crippen molar-refractivity contribution in [1.82, 2.24) is 0 Å². The molecule has 0 saturated carbocycles. The van der Waals surface area contributed by atoms with Crippen LogP contribution in [0.2, 0.25) is 0 Å². The Morgan fingerprint density at radius 1 is 0.929 bits per heavy atom. The van der Waals surface area contributed by atoms with Crippen LogP contribution in [0.15, 0.2) is 24.5 Å². The molecule has 0 spiro atoms. The summed E-state index contributed by atoms with van der Waals surface area (Å²) >= 11 is 0. The van der Waals surface area contributed by atoms with Crippen LogP contribution in [-0.4, -0.2) is 27.9 Å². The third-order valence-electron chi connectivity index (χ3n) is 3.06. The van der Waals surface area contributed by atoms with Gasteiger partial charge in [-0.1, -0.05) is 19.8 Å². The number of aryl methyl sites for hydroxylation is 2. The smallest absolute Gasteiger partial charge is 0.421 e. The molecule has 14 heteroatoms. The van der Waals surface area contributed by atoms with E-state index in [1.165, 1.54) is 37.8 Å². The number of sulfonamides is 2. The maximum atomic E-state index is 11.4. The van der Waals surface area contributed by atoms with Crippen molar-refractivity contribution in [3.05, 3.63) is 34.2 Å². The molecule has 6 nitrogen and oxygen atoms in total. The highest BCUT2D eigenvalue weighted by Crippen LogP contribution is 2.36. The Hall–Kier alpha value is -1.41. The molecule has 0 saturated heterocycles. The fourth-order valence-corrected chi connectivity index (χ4v) is 3.44. The first-order chi connectivity index (χ1) is 12.5. The van der Waals surface area contributed by atoms with E-state index in [2.05, 4.69) is 42.9 Å². The summed E-state index contributed by atoms with van der Waals surface area (Å²) in [5, 5.41) is 0. The van der Waals surface area contributed by atoms with Gasteiger partial charge in [-0.05, 0) is 19.4 Å². The molecule has 0 N–H and O–H groups in total. The lowest BCUT2D eigenvalue weighted by molar-refractivity contribution is -0.697. The molecule has 0 bridgehead atoms. The summed E-state index contributed by atoms with van der Waals surface area (Å²) < 4.78 is 111. The minimum atomic E-state index is -6.72. The molecule has 0 radical (unpaired) electrons. The number of halogens is 6. The van der Waals surface area contributed by atoms with E-state index in [9.17, 15) is 43.2 Å². The van der Waals surface area contributed by atoms with E-state index in [-0.39, 0.29) is 0 Å². The van der Waals surface area contributed by atoms with E-state index < -0.39 is 31.1 Å². The molecule has 0 unspecified atom stereocenters. The summed E-state index contributed by atoms with van der Waals surface area (Å²) in [6, 6.07) is 4.26. The van der Waals surface area contributed by atoms with Gasteiger partial charge in [-0.25, -0.2) is 21.4 Å². The van der Waals surface area contributed by atoms with Gasteiger partial charge >= 0.3 is 11.0 Å². The lowest BCUT2D eigenvalue weighted by Gasteiger charge is -2.22. The zero-order valence-electron chi connectivity index (χ0n) is 15.0. The van der Waals surface area contributed by atoms with Gasteiger partial charge in [-0.3, -0.25) is 0 Å². The Bertz CT molecular complexity index is 779. The summed E-state index contributed by atoms with van der Waals surface area (Å²) in [5.74, 6) is 0. The molecule has 0 fully saturated rings. The summed E-state index contributed by atoms with van der Waals surface area (Å²) in [4.78, 5) is 0. The van der Waals surface area contributed by atoms with Crippen LogP contribution in [0.5, 0.6) is 0 Å². The Kier molecular flexibility index (Phi) is 9.87. The average molecular weight is 458 g/mol. The van der Waals surface area contributed by atoms with Gasteiger partial charge in [0.1, 0.15) is 6.54 Å². The molecule has 0 aliphatic heterocycles. The van der Waals surface area contributed by atoms with E-state index in [1.54, 1.807) is 0 Å². The van der Waals surface area contributed by atoms with Crippen molar-refractivity contribution in [2.45, 2.75) is 57.1 Å². The molecule has 0 aliphatic carbocycles. The van der Waals surface area contributed by atoms with Gasteiger partial charge in [0, 0.05) is 18.1 Å². The van der Waals surface area contributed by atoms with Crippen molar-refractivity contribution in [3.63, 3.8) is 0 Å². The van der Waals surface area contributed by atoms with Crippen LogP contribution in [0, 0.1) is 6.92 Å². The first-order valence-electron chi connectivity index (χ1n) is 7.86. The molecule has 1 rings (SSSR count). The molecule has 28 heavy (non-hydrogen) atoms. The minimum Gasteiger partial charge on any atom is -0.421 e. The largest absolute Gasteiger partial charge is 0.480 e. The first kappa shape index (κ1) is 26.6. The molecule has 1 aromatic heterocycles. The van der Waals surface area contributed by atoms with Crippen LogP contribution in [0.3, 0.4) is 0 Å². The van der Waals surface area contributed by atoms with Crippen LogP contribution < -0.4 is 4.57 Å². The third kappa shape index (κ3) is 9.19. The number of unbranched alkanes of at least 4 members (excludes halogenated alkanes) is 3. The predicted octanol–water partition coefficient (Wildman–Crippen LogP) is 3.92. The monoisotopic (exact) mass is 458 g/mol. The van der Waals surface area contributed by atoms with Crippen LogP contribution in [-0.2, 0) is 26.6 Å². The molecule has 1 aromatic rings. The normalized spacial score (nSPS) is 13.0. The number of alkyl halides is 6. The average Bonchev–Trinajstić information content (AvgIpc) is 2.49. The summed E-state index contributed by atoms with van der Waals surface area (Å²) in [5.41, 5.74) is -11.1. The highest BCUT2D eigenvalue weighted by atomic mass is 32.3. The Morgan fingerprint density at radius 3 is 1.82 bits per heavy atom. The van der Waals surface area contributed by atoms with Gasteiger partial charge in [0.05, 0.1) is 0 Å². The summed E-state index contributed by atoms with van der Waals surface area (Å²) in [6.45, 7) is 5.56. The van der Waals surface area contributed by atoms with E-state index in [0.717, 1.165) is 4.13 Å². The maximum Gasteiger partial charge on any atom is 0.480 e. The summed E-state index contributed by atoms with van der Waals surface area (Å²) in [7, 11) is -13.4. The lowest BCUT2D eigenvalue weighted by Crippen LogP contribution is -2.32. The minimum absolute atomic E-state index is 0.778. The van der Waals surface area contributed by atoms with E-state index in [0.29, 0.717) is 0 Å². The third-order valence-corrected chi connectivity index (χ3v) is 5.80. The topological polar surface area (TPSA) is 86.3 Å². The molecule has 1 heterocycles. The second kappa shape index (κ2) is 10.4. The lowest BCUT2D eigenvalue weighted by atomic mass is 10.2.